The summed E-state index contributed by atoms with van der Waals surface area (Å²) < 4.78 is 9.44. The lowest BCUT2D eigenvalue weighted by Gasteiger charge is -2.32. The monoisotopic (exact) mass is 254 g/mol. The Morgan fingerprint density at radius 2 is 1.33 bits per heavy atom. The van der Waals surface area contributed by atoms with Crippen molar-refractivity contribution < 1.29 is 14.3 Å². The predicted molar refractivity (Wildman–Crippen MR) is 70.3 cm³/mol. The van der Waals surface area contributed by atoms with Crippen LogP contribution in [-0.2, 0) is 14.3 Å². The van der Waals surface area contributed by atoms with Crippen molar-refractivity contribution in [1.82, 2.24) is 0 Å². The van der Waals surface area contributed by atoms with Gasteiger partial charge in [0.15, 0.2) is 0 Å². The fourth-order valence-electron chi connectivity index (χ4n) is 3.33. The van der Waals surface area contributed by atoms with Gasteiger partial charge in [-0.1, -0.05) is 32.1 Å². The molecule has 2 saturated carbocycles. The summed E-state index contributed by atoms with van der Waals surface area (Å²) in [6.45, 7) is 2.06. The normalized spacial score (nSPS) is 26.8. The molecule has 18 heavy (non-hydrogen) atoms. The standard InChI is InChI=1S/C12H20O.C3H6O2/c13-12-8-6-11(7-9-12)10-4-2-1-3-5-10;1-2-5-3-4-1/h10-11H,1-9H2;1-3H2. The highest BCUT2D eigenvalue weighted by Gasteiger charge is 2.27. The van der Waals surface area contributed by atoms with Gasteiger partial charge in [0.25, 0.3) is 0 Å². The summed E-state index contributed by atoms with van der Waals surface area (Å²) in [5, 5.41) is 0. The van der Waals surface area contributed by atoms with Crippen LogP contribution in [0.5, 0.6) is 0 Å². The van der Waals surface area contributed by atoms with E-state index in [9.17, 15) is 4.79 Å². The zero-order valence-electron chi connectivity index (χ0n) is 11.4. The third kappa shape index (κ3) is 4.69. The summed E-state index contributed by atoms with van der Waals surface area (Å²) in [7, 11) is 0. The highest BCUT2D eigenvalue weighted by Crippen LogP contribution is 2.37. The van der Waals surface area contributed by atoms with E-state index in [0.717, 1.165) is 37.9 Å². The highest BCUT2D eigenvalue weighted by molar-refractivity contribution is 5.79. The molecule has 3 nitrogen and oxygen atoms in total. The van der Waals surface area contributed by atoms with Crippen molar-refractivity contribution in [3.05, 3.63) is 0 Å². The Kier molecular flexibility index (Phi) is 6.15. The van der Waals surface area contributed by atoms with Crippen LogP contribution in [-0.4, -0.2) is 25.8 Å². The molecule has 2 aliphatic carbocycles. The zero-order chi connectivity index (χ0) is 12.6. The third-order valence-electron chi connectivity index (χ3n) is 4.44. The van der Waals surface area contributed by atoms with E-state index in [2.05, 4.69) is 0 Å². The van der Waals surface area contributed by atoms with Crippen LogP contribution in [0.2, 0.25) is 0 Å². The lowest BCUT2D eigenvalue weighted by atomic mass is 9.73. The Balaban J connectivity index is 0.000000202. The summed E-state index contributed by atoms with van der Waals surface area (Å²) >= 11 is 0. The lowest BCUT2D eigenvalue weighted by Crippen LogP contribution is -2.23. The molecule has 0 amide bonds. The number of hydrogen-bond donors (Lipinski definition) is 0. The number of carbonyl (C=O) groups excluding carboxylic acids is 1. The third-order valence-corrected chi connectivity index (χ3v) is 4.44. The van der Waals surface area contributed by atoms with Gasteiger partial charge in [-0.15, -0.1) is 0 Å². The van der Waals surface area contributed by atoms with Crippen LogP contribution in [0.3, 0.4) is 0 Å². The minimum atomic E-state index is 0.500. The van der Waals surface area contributed by atoms with Crippen molar-refractivity contribution in [2.24, 2.45) is 11.8 Å². The van der Waals surface area contributed by atoms with Gasteiger partial charge in [0.1, 0.15) is 12.6 Å². The van der Waals surface area contributed by atoms with Crippen molar-refractivity contribution in [2.75, 3.05) is 20.0 Å². The van der Waals surface area contributed by atoms with Crippen molar-refractivity contribution in [3.8, 4) is 0 Å². The molecule has 1 aliphatic heterocycles. The van der Waals surface area contributed by atoms with Gasteiger partial charge >= 0.3 is 0 Å². The fraction of sp³-hybridized carbons (Fsp3) is 0.933. The Morgan fingerprint density at radius 3 is 1.83 bits per heavy atom. The van der Waals surface area contributed by atoms with Gasteiger partial charge < -0.3 is 9.47 Å². The fourth-order valence-corrected chi connectivity index (χ4v) is 3.33. The maximum absolute atomic E-state index is 11.1. The Hall–Kier alpha value is -0.410. The lowest BCUT2D eigenvalue weighted by molar-refractivity contribution is -0.121. The van der Waals surface area contributed by atoms with Crippen molar-refractivity contribution in [1.29, 1.82) is 0 Å². The molecular formula is C15H26O3. The molecule has 0 atom stereocenters. The van der Waals surface area contributed by atoms with Crippen LogP contribution in [0.15, 0.2) is 0 Å². The van der Waals surface area contributed by atoms with E-state index in [1.807, 2.05) is 0 Å². The summed E-state index contributed by atoms with van der Waals surface area (Å²) in [6, 6.07) is 0. The van der Waals surface area contributed by atoms with Gasteiger partial charge in [0.2, 0.25) is 0 Å². The second-order valence-corrected chi connectivity index (χ2v) is 5.71. The molecule has 3 aliphatic rings. The van der Waals surface area contributed by atoms with Crippen LogP contribution in [0, 0.1) is 11.8 Å². The number of carbonyl (C=O) groups is 1. The van der Waals surface area contributed by atoms with Gasteiger partial charge in [0.05, 0.1) is 13.2 Å². The molecule has 1 heterocycles. The first-order valence-corrected chi connectivity index (χ1v) is 7.53. The smallest absolute Gasteiger partial charge is 0.146 e. The number of hydrogen-bond acceptors (Lipinski definition) is 3. The largest absolute Gasteiger partial charge is 0.353 e. The Bertz CT molecular complexity index is 225. The van der Waals surface area contributed by atoms with Crippen LogP contribution < -0.4 is 0 Å². The van der Waals surface area contributed by atoms with E-state index in [1.54, 1.807) is 0 Å². The quantitative estimate of drug-likeness (QED) is 0.720. The number of Topliss-reactive ketones (excluding diaryl/α,β-unsaturated/α-hetero) is 1. The van der Waals surface area contributed by atoms with Gasteiger partial charge in [0, 0.05) is 12.8 Å². The Morgan fingerprint density at radius 1 is 0.778 bits per heavy atom. The first-order valence-electron chi connectivity index (χ1n) is 7.53. The first kappa shape index (κ1) is 14.0. The maximum Gasteiger partial charge on any atom is 0.146 e. The molecular weight excluding hydrogens is 228 g/mol. The van der Waals surface area contributed by atoms with Gasteiger partial charge in [-0.05, 0) is 24.7 Å². The van der Waals surface area contributed by atoms with E-state index in [-0.39, 0.29) is 0 Å². The van der Waals surface area contributed by atoms with E-state index >= 15 is 0 Å². The molecule has 0 aromatic heterocycles. The molecule has 0 bridgehead atoms. The molecule has 0 spiro atoms. The van der Waals surface area contributed by atoms with Gasteiger partial charge in [-0.25, -0.2) is 0 Å². The minimum Gasteiger partial charge on any atom is -0.353 e. The molecule has 0 aromatic rings. The first-order chi connectivity index (χ1) is 8.86. The molecule has 104 valence electrons. The van der Waals surface area contributed by atoms with Crippen LogP contribution in [0.1, 0.15) is 57.8 Å². The van der Waals surface area contributed by atoms with E-state index < -0.39 is 0 Å². The van der Waals surface area contributed by atoms with Crippen molar-refractivity contribution >= 4 is 5.78 Å². The number of rotatable bonds is 1. The summed E-state index contributed by atoms with van der Waals surface area (Å²) in [6.07, 6.45) is 11.4. The molecule has 1 saturated heterocycles. The van der Waals surface area contributed by atoms with E-state index in [1.165, 1.54) is 44.9 Å². The summed E-state index contributed by atoms with van der Waals surface area (Å²) in [5.41, 5.74) is 0. The minimum absolute atomic E-state index is 0.500. The predicted octanol–water partition coefficient (Wildman–Crippen LogP) is 3.32. The summed E-state index contributed by atoms with van der Waals surface area (Å²) in [5.74, 6) is 2.38. The second kappa shape index (κ2) is 7.90. The molecule has 0 aromatic carbocycles. The van der Waals surface area contributed by atoms with Gasteiger partial charge in [-0.2, -0.15) is 0 Å². The molecule has 3 fully saturated rings. The maximum atomic E-state index is 11.1. The molecule has 0 N–H and O–H groups in total. The highest BCUT2D eigenvalue weighted by atomic mass is 16.7. The second-order valence-electron chi connectivity index (χ2n) is 5.71. The number of ether oxygens (including phenoxy) is 2. The van der Waals surface area contributed by atoms with Gasteiger partial charge in [-0.3, -0.25) is 4.79 Å². The topological polar surface area (TPSA) is 35.5 Å². The van der Waals surface area contributed by atoms with Crippen LogP contribution >= 0.6 is 0 Å². The van der Waals surface area contributed by atoms with E-state index in [0.29, 0.717) is 12.6 Å². The molecule has 3 rings (SSSR count). The van der Waals surface area contributed by atoms with Crippen molar-refractivity contribution in [2.45, 2.75) is 57.8 Å². The molecule has 0 unspecified atom stereocenters. The molecule has 0 radical (unpaired) electrons. The molecule has 3 heteroatoms. The summed E-state index contributed by atoms with van der Waals surface area (Å²) in [4.78, 5) is 11.1. The zero-order valence-corrected chi connectivity index (χ0v) is 11.4. The SMILES string of the molecule is C1COCO1.O=C1CCC(C2CCCCC2)CC1. The van der Waals surface area contributed by atoms with Crippen LogP contribution in [0.4, 0.5) is 0 Å². The van der Waals surface area contributed by atoms with Crippen molar-refractivity contribution in [3.63, 3.8) is 0 Å². The van der Waals surface area contributed by atoms with Crippen LogP contribution in [0.25, 0.3) is 0 Å². The van der Waals surface area contributed by atoms with E-state index in [4.69, 9.17) is 9.47 Å². The average Bonchev–Trinajstić information content (AvgIpc) is 3.00. The Labute approximate surface area is 110 Å². The number of ketones is 1. The average molecular weight is 254 g/mol.